The van der Waals surface area contributed by atoms with Crippen LogP contribution in [0.2, 0.25) is 0 Å². The fourth-order valence-electron chi connectivity index (χ4n) is 3.70. The first-order valence-corrected chi connectivity index (χ1v) is 8.06. The Labute approximate surface area is 129 Å². The number of hydrogen-bond acceptors (Lipinski definition) is 2. The molecule has 1 heterocycles. The van der Waals surface area contributed by atoms with Gasteiger partial charge in [0.2, 0.25) is 0 Å². The lowest BCUT2D eigenvalue weighted by molar-refractivity contribution is -0.146. The summed E-state index contributed by atoms with van der Waals surface area (Å²) in [4.78, 5) is 13.5. The molecule has 1 saturated heterocycles. The second-order valence-electron chi connectivity index (χ2n) is 6.19. The van der Waals surface area contributed by atoms with Crippen LogP contribution in [-0.4, -0.2) is 36.4 Å². The zero-order valence-corrected chi connectivity index (χ0v) is 12.6. The summed E-state index contributed by atoms with van der Waals surface area (Å²) in [6.45, 7) is 1.28. The van der Waals surface area contributed by atoms with E-state index in [9.17, 15) is 13.6 Å². The van der Waals surface area contributed by atoms with E-state index in [2.05, 4.69) is 5.32 Å². The standard InChI is InChI=1S/C17H22F2N2O/c18-16(19)17(22)21(11-13-7-4-10-20-13)15-9-3-6-12-5-1-2-8-14(12)15/h1-2,5,8,13,15-16,20H,3-4,6-7,9-11H2/t13-,15+/m0/s1. The van der Waals surface area contributed by atoms with Crippen molar-refractivity contribution in [3.05, 3.63) is 35.4 Å². The third-order valence-electron chi connectivity index (χ3n) is 4.76. The van der Waals surface area contributed by atoms with Gasteiger partial charge in [-0.2, -0.15) is 8.78 Å². The number of fused-ring (bicyclic) bond motifs is 1. The van der Waals surface area contributed by atoms with Crippen LogP contribution in [-0.2, 0) is 11.2 Å². The number of carbonyl (C=O) groups excluding carboxylic acids is 1. The summed E-state index contributed by atoms with van der Waals surface area (Å²) in [7, 11) is 0. The lowest BCUT2D eigenvalue weighted by Gasteiger charge is -2.37. The number of rotatable bonds is 4. The minimum Gasteiger partial charge on any atom is -0.329 e. The molecular weight excluding hydrogens is 286 g/mol. The van der Waals surface area contributed by atoms with Gasteiger partial charge in [-0.3, -0.25) is 4.79 Å². The third-order valence-corrected chi connectivity index (χ3v) is 4.76. The monoisotopic (exact) mass is 308 g/mol. The lowest BCUT2D eigenvalue weighted by Crippen LogP contribution is -2.46. The number of aryl methyl sites for hydroxylation is 1. The highest BCUT2D eigenvalue weighted by Crippen LogP contribution is 2.35. The van der Waals surface area contributed by atoms with E-state index >= 15 is 0 Å². The van der Waals surface area contributed by atoms with E-state index in [-0.39, 0.29) is 12.1 Å². The highest BCUT2D eigenvalue weighted by molar-refractivity contribution is 5.80. The molecule has 1 N–H and O–H groups in total. The predicted molar refractivity (Wildman–Crippen MR) is 80.9 cm³/mol. The number of carbonyl (C=O) groups is 1. The smallest absolute Gasteiger partial charge is 0.315 e. The molecule has 0 unspecified atom stereocenters. The highest BCUT2D eigenvalue weighted by atomic mass is 19.3. The summed E-state index contributed by atoms with van der Waals surface area (Å²) in [5.41, 5.74) is 2.23. The van der Waals surface area contributed by atoms with Crippen molar-refractivity contribution in [2.75, 3.05) is 13.1 Å². The number of nitrogens with one attached hydrogen (secondary N) is 1. The van der Waals surface area contributed by atoms with Crippen molar-refractivity contribution in [1.82, 2.24) is 10.2 Å². The molecule has 1 aromatic rings. The second-order valence-corrected chi connectivity index (χ2v) is 6.19. The first-order chi connectivity index (χ1) is 10.7. The van der Waals surface area contributed by atoms with E-state index in [4.69, 9.17) is 0 Å². The zero-order valence-electron chi connectivity index (χ0n) is 12.6. The number of nitrogens with zero attached hydrogens (tertiary/aromatic N) is 1. The van der Waals surface area contributed by atoms with Crippen molar-refractivity contribution < 1.29 is 13.6 Å². The molecule has 0 spiro atoms. The van der Waals surface area contributed by atoms with Gasteiger partial charge in [-0.15, -0.1) is 0 Å². The predicted octanol–water partition coefficient (Wildman–Crippen LogP) is 2.91. The molecular formula is C17H22F2N2O. The van der Waals surface area contributed by atoms with Crippen LogP contribution in [0.15, 0.2) is 24.3 Å². The van der Waals surface area contributed by atoms with Crippen molar-refractivity contribution >= 4 is 5.91 Å². The molecule has 3 rings (SSSR count). The molecule has 1 fully saturated rings. The van der Waals surface area contributed by atoms with Crippen LogP contribution >= 0.6 is 0 Å². The number of amides is 1. The van der Waals surface area contributed by atoms with Crippen LogP contribution < -0.4 is 5.32 Å². The van der Waals surface area contributed by atoms with Gasteiger partial charge in [-0.05, 0) is 49.8 Å². The Bertz CT molecular complexity index is 529. The summed E-state index contributed by atoms with van der Waals surface area (Å²) in [5, 5.41) is 3.31. The minimum absolute atomic E-state index is 0.136. The average molecular weight is 308 g/mol. The number of hydrogen-bond donors (Lipinski definition) is 1. The SMILES string of the molecule is O=C(C(F)F)N(C[C@@H]1CCCN1)[C@@H]1CCCc2ccccc21. The zero-order chi connectivity index (χ0) is 15.5. The van der Waals surface area contributed by atoms with Crippen molar-refractivity contribution in [3.8, 4) is 0 Å². The van der Waals surface area contributed by atoms with E-state index in [0.717, 1.165) is 44.2 Å². The average Bonchev–Trinajstić information content (AvgIpc) is 3.04. The van der Waals surface area contributed by atoms with E-state index in [1.54, 1.807) is 0 Å². The molecule has 1 aliphatic heterocycles. The molecule has 120 valence electrons. The lowest BCUT2D eigenvalue weighted by atomic mass is 9.86. The molecule has 1 aliphatic carbocycles. The van der Waals surface area contributed by atoms with Crippen LogP contribution in [0.3, 0.4) is 0 Å². The normalized spacial score (nSPS) is 24.3. The second kappa shape index (κ2) is 6.73. The summed E-state index contributed by atoms with van der Waals surface area (Å²) >= 11 is 0. The summed E-state index contributed by atoms with van der Waals surface area (Å²) in [5.74, 6) is -1.03. The topological polar surface area (TPSA) is 32.3 Å². The van der Waals surface area contributed by atoms with Gasteiger partial charge in [0, 0.05) is 12.6 Å². The number of benzene rings is 1. The maximum absolute atomic E-state index is 13.1. The molecule has 2 atom stereocenters. The van der Waals surface area contributed by atoms with Crippen LogP contribution in [0.5, 0.6) is 0 Å². The molecule has 0 bridgehead atoms. The van der Waals surface area contributed by atoms with Crippen molar-refractivity contribution in [1.29, 1.82) is 0 Å². The Morgan fingerprint density at radius 2 is 2.09 bits per heavy atom. The van der Waals surface area contributed by atoms with Gasteiger partial charge in [0.05, 0.1) is 6.04 Å². The third kappa shape index (κ3) is 3.14. The summed E-state index contributed by atoms with van der Waals surface area (Å²) in [6, 6.07) is 7.84. The number of halogens is 2. The fourth-order valence-corrected chi connectivity index (χ4v) is 3.70. The van der Waals surface area contributed by atoms with E-state index in [0.29, 0.717) is 6.54 Å². The molecule has 5 heteroatoms. The maximum atomic E-state index is 13.1. The van der Waals surface area contributed by atoms with Crippen LogP contribution in [0.1, 0.15) is 42.9 Å². The van der Waals surface area contributed by atoms with Crippen LogP contribution in [0.25, 0.3) is 0 Å². The Balaban J connectivity index is 1.86. The van der Waals surface area contributed by atoms with Gasteiger partial charge < -0.3 is 10.2 Å². The van der Waals surface area contributed by atoms with E-state index < -0.39 is 12.3 Å². The van der Waals surface area contributed by atoms with Gasteiger partial charge in [0.1, 0.15) is 0 Å². The van der Waals surface area contributed by atoms with Crippen molar-refractivity contribution in [2.45, 2.75) is 50.6 Å². The van der Waals surface area contributed by atoms with Crippen molar-refractivity contribution in [2.24, 2.45) is 0 Å². The van der Waals surface area contributed by atoms with Gasteiger partial charge in [-0.1, -0.05) is 24.3 Å². The molecule has 0 aromatic heterocycles. The number of alkyl halides is 2. The van der Waals surface area contributed by atoms with Crippen molar-refractivity contribution in [3.63, 3.8) is 0 Å². The first-order valence-electron chi connectivity index (χ1n) is 8.06. The Kier molecular flexibility index (Phi) is 4.71. The largest absolute Gasteiger partial charge is 0.329 e. The highest BCUT2D eigenvalue weighted by Gasteiger charge is 2.34. The van der Waals surface area contributed by atoms with Gasteiger partial charge >= 0.3 is 6.43 Å². The Morgan fingerprint density at radius 3 is 2.82 bits per heavy atom. The van der Waals surface area contributed by atoms with Gasteiger partial charge in [0.15, 0.2) is 0 Å². The van der Waals surface area contributed by atoms with E-state index in [1.165, 1.54) is 10.5 Å². The summed E-state index contributed by atoms with van der Waals surface area (Å²) in [6.07, 6.45) is 1.72. The molecule has 1 aromatic carbocycles. The molecule has 22 heavy (non-hydrogen) atoms. The fraction of sp³-hybridized carbons (Fsp3) is 0.588. The molecule has 0 radical (unpaired) electrons. The molecule has 1 amide bonds. The molecule has 2 aliphatic rings. The van der Waals surface area contributed by atoms with Gasteiger partial charge in [-0.25, -0.2) is 0 Å². The van der Waals surface area contributed by atoms with E-state index in [1.807, 2.05) is 24.3 Å². The minimum atomic E-state index is -2.93. The first kappa shape index (κ1) is 15.4. The quantitative estimate of drug-likeness (QED) is 0.927. The molecule has 3 nitrogen and oxygen atoms in total. The van der Waals surface area contributed by atoms with Gasteiger partial charge in [0.25, 0.3) is 5.91 Å². The summed E-state index contributed by atoms with van der Waals surface area (Å²) < 4.78 is 26.1. The Hall–Kier alpha value is -1.49. The molecule has 0 saturated carbocycles. The van der Waals surface area contributed by atoms with Crippen LogP contribution in [0.4, 0.5) is 8.78 Å². The van der Waals surface area contributed by atoms with Crippen LogP contribution in [0, 0.1) is 0 Å². The maximum Gasteiger partial charge on any atom is 0.315 e. The Morgan fingerprint density at radius 1 is 1.27 bits per heavy atom.